The third-order valence-electron chi connectivity index (χ3n) is 3.47. The summed E-state index contributed by atoms with van der Waals surface area (Å²) in [5, 5.41) is 12.9. The van der Waals surface area contributed by atoms with Crippen molar-refractivity contribution >= 4 is 0 Å². The Labute approximate surface area is 89.7 Å². The van der Waals surface area contributed by atoms with Crippen LogP contribution in [0.1, 0.15) is 12.0 Å². The number of nitrogens with one attached hydrogen (secondary N) is 1. The Bertz CT molecular complexity index is 366. The van der Waals surface area contributed by atoms with E-state index in [1.807, 2.05) is 12.1 Å². The van der Waals surface area contributed by atoms with E-state index in [9.17, 15) is 5.11 Å². The van der Waals surface area contributed by atoms with Crippen LogP contribution in [-0.4, -0.2) is 35.2 Å². The van der Waals surface area contributed by atoms with Gasteiger partial charge in [0.25, 0.3) is 0 Å². The van der Waals surface area contributed by atoms with Gasteiger partial charge in [-0.2, -0.15) is 0 Å². The second kappa shape index (κ2) is 3.51. The van der Waals surface area contributed by atoms with Crippen molar-refractivity contribution in [3.8, 4) is 5.75 Å². The molecular weight excluding hydrogens is 188 g/mol. The van der Waals surface area contributed by atoms with Gasteiger partial charge in [-0.05, 0) is 24.1 Å². The molecule has 2 aliphatic heterocycles. The van der Waals surface area contributed by atoms with Gasteiger partial charge in [0, 0.05) is 31.7 Å². The Morgan fingerprint density at radius 3 is 3.07 bits per heavy atom. The lowest BCUT2D eigenvalue weighted by molar-refractivity contribution is 0.217. The molecule has 2 heterocycles. The van der Waals surface area contributed by atoms with Crippen LogP contribution >= 0.6 is 0 Å². The first-order valence-corrected chi connectivity index (χ1v) is 5.56. The SMILES string of the molecule is Oc1cccc(CN2CC3CC2CN3)c1. The third-order valence-corrected chi connectivity index (χ3v) is 3.47. The number of hydrogen-bond donors (Lipinski definition) is 2. The number of piperazine rings is 1. The standard InChI is InChI=1S/C12H16N2O/c15-12-3-1-2-9(4-12)7-14-8-10-5-11(14)6-13-10/h1-4,10-11,13,15H,5-8H2. The van der Waals surface area contributed by atoms with Crippen molar-refractivity contribution in [1.29, 1.82) is 0 Å². The van der Waals surface area contributed by atoms with Gasteiger partial charge >= 0.3 is 0 Å². The van der Waals surface area contributed by atoms with Crippen LogP contribution in [0, 0.1) is 0 Å². The van der Waals surface area contributed by atoms with Crippen LogP contribution in [-0.2, 0) is 6.54 Å². The van der Waals surface area contributed by atoms with Gasteiger partial charge in [0.2, 0.25) is 0 Å². The molecule has 2 fully saturated rings. The highest BCUT2D eigenvalue weighted by atomic mass is 16.3. The van der Waals surface area contributed by atoms with E-state index >= 15 is 0 Å². The Kier molecular flexibility index (Phi) is 2.15. The van der Waals surface area contributed by atoms with Crippen molar-refractivity contribution in [1.82, 2.24) is 10.2 Å². The molecule has 3 nitrogen and oxygen atoms in total. The predicted octanol–water partition coefficient (Wildman–Crippen LogP) is 0.938. The highest BCUT2D eigenvalue weighted by molar-refractivity contribution is 5.27. The Morgan fingerprint density at radius 2 is 2.40 bits per heavy atom. The molecule has 2 N–H and O–H groups in total. The van der Waals surface area contributed by atoms with Gasteiger partial charge in [-0.15, -0.1) is 0 Å². The van der Waals surface area contributed by atoms with Gasteiger partial charge in [-0.3, -0.25) is 4.90 Å². The van der Waals surface area contributed by atoms with Gasteiger partial charge in [-0.25, -0.2) is 0 Å². The number of nitrogens with zero attached hydrogens (tertiary/aromatic N) is 1. The van der Waals surface area contributed by atoms with Crippen molar-refractivity contribution in [2.24, 2.45) is 0 Å². The maximum atomic E-state index is 9.39. The van der Waals surface area contributed by atoms with Crippen molar-refractivity contribution < 1.29 is 5.11 Å². The number of phenols is 1. The number of hydrogen-bond acceptors (Lipinski definition) is 3. The molecule has 0 saturated carbocycles. The van der Waals surface area contributed by atoms with Crippen LogP contribution in [0.2, 0.25) is 0 Å². The van der Waals surface area contributed by atoms with Gasteiger partial charge in [0.05, 0.1) is 0 Å². The molecule has 80 valence electrons. The van der Waals surface area contributed by atoms with Crippen molar-refractivity contribution in [3.05, 3.63) is 29.8 Å². The van der Waals surface area contributed by atoms with Gasteiger partial charge in [0.15, 0.2) is 0 Å². The number of fused-ring (bicyclic) bond motifs is 2. The summed E-state index contributed by atoms with van der Waals surface area (Å²) < 4.78 is 0. The minimum Gasteiger partial charge on any atom is -0.508 e. The first kappa shape index (κ1) is 9.19. The largest absolute Gasteiger partial charge is 0.508 e. The molecule has 1 aromatic carbocycles. The number of aromatic hydroxyl groups is 1. The molecule has 2 atom stereocenters. The summed E-state index contributed by atoms with van der Waals surface area (Å²) in [4.78, 5) is 2.51. The fourth-order valence-corrected chi connectivity index (χ4v) is 2.73. The van der Waals surface area contributed by atoms with Crippen LogP contribution in [0.4, 0.5) is 0 Å². The maximum absolute atomic E-state index is 9.39. The molecule has 2 aliphatic rings. The molecule has 0 aromatic heterocycles. The number of benzene rings is 1. The first-order valence-electron chi connectivity index (χ1n) is 5.56. The highest BCUT2D eigenvalue weighted by Crippen LogP contribution is 2.25. The highest BCUT2D eigenvalue weighted by Gasteiger charge is 2.37. The Morgan fingerprint density at radius 1 is 1.47 bits per heavy atom. The van der Waals surface area contributed by atoms with Gasteiger partial charge in [0.1, 0.15) is 5.75 Å². The van der Waals surface area contributed by atoms with Crippen LogP contribution < -0.4 is 5.32 Å². The van der Waals surface area contributed by atoms with Crippen molar-refractivity contribution in [2.45, 2.75) is 25.0 Å². The fourth-order valence-electron chi connectivity index (χ4n) is 2.73. The second-order valence-electron chi connectivity index (χ2n) is 4.59. The summed E-state index contributed by atoms with van der Waals surface area (Å²) in [6.07, 6.45) is 1.29. The summed E-state index contributed by atoms with van der Waals surface area (Å²) in [7, 11) is 0. The van der Waals surface area contributed by atoms with Crippen molar-refractivity contribution in [2.75, 3.05) is 13.1 Å². The molecule has 0 amide bonds. The van der Waals surface area contributed by atoms with E-state index in [1.54, 1.807) is 6.07 Å². The normalized spacial score (nSPS) is 29.9. The molecule has 0 aliphatic carbocycles. The maximum Gasteiger partial charge on any atom is 0.115 e. The van der Waals surface area contributed by atoms with Gasteiger partial charge in [-0.1, -0.05) is 12.1 Å². The molecule has 2 unspecified atom stereocenters. The molecule has 3 rings (SSSR count). The minimum absolute atomic E-state index is 0.370. The molecule has 1 aromatic rings. The molecule has 15 heavy (non-hydrogen) atoms. The lowest BCUT2D eigenvalue weighted by Gasteiger charge is -2.27. The molecule has 0 spiro atoms. The van der Waals surface area contributed by atoms with Crippen LogP contribution in [0.3, 0.4) is 0 Å². The predicted molar refractivity (Wildman–Crippen MR) is 58.7 cm³/mol. The zero-order valence-electron chi connectivity index (χ0n) is 8.69. The number of likely N-dealkylation sites (tertiary alicyclic amines) is 1. The molecule has 2 bridgehead atoms. The average molecular weight is 204 g/mol. The number of phenolic OH excluding ortho intramolecular Hbond substituents is 1. The fraction of sp³-hybridized carbons (Fsp3) is 0.500. The molecular formula is C12H16N2O. The average Bonchev–Trinajstić information content (AvgIpc) is 2.79. The second-order valence-corrected chi connectivity index (χ2v) is 4.59. The van der Waals surface area contributed by atoms with E-state index in [2.05, 4.69) is 16.3 Å². The third kappa shape index (κ3) is 1.73. The van der Waals surface area contributed by atoms with Gasteiger partial charge < -0.3 is 10.4 Å². The first-order chi connectivity index (χ1) is 7.31. The molecule has 0 radical (unpaired) electrons. The lowest BCUT2D eigenvalue weighted by atomic mass is 10.2. The molecule has 3 heteroatoms. The van der Waals surface area contributed by atoms with Crippen LogP contribution in [0.25, 0.3) is 0 Å². The van der Waals surface area contributed by atoms with Crippen LogP contribution in [0.15, 0.2) is 24.3 Å². The molecule has 2 saturated heterocycles. The quantitative estimate of drug-likeness (QED) is 0.752. The summed E-state index contributed by atoms with van der Waals surface area (Å²) >= 11 is 0. The summed E-state index contributed by atoms with van der Waals surface area (Å²) in [6, 6.07) is 8.99. The topological polar surface area (TPSA) is 35.5 Å². The van der Waals surface area contributed by atoms with E-state index in [1.165, 1.54) is 12.0 Å². The monoisotopic (exact) mass is 204 g/mol. The smallest absolute Gasteiger partial charge is 0.115 e. The summed E-state index contributed by atoms with van der Waals surface area (Å²) in [5.74, 6) is 0.370. The summed E-state index contributed by atoms with van der Waals surface area (Å²) in [5.41, 5.74) is 1.21. The van der Waals surface area contributed by atoms with E-state index < -0.39 is 0 Å². The van der Waals surface area contributed by atoms with E-state index in [0.717, 1.165) is 19.6 Å². The summed E-state index contributed by atoms with van der Waals surface area (Å²) in [6.45, 7) is 3.25. The van der Waals surface area contributed by atoms with E-state index in [-0.39, 0.29) is 0 Å². The van der Waals surface area contributed by atoms with Crippen LogP contribution in [0.5, 0.6) is 5.75 Å². The zero-order valence-corrected chi connectivity index (χ0v) is 8.69. The minimum atomic E-state index is 0.370. The number of rotatable bonds is 2. The Balaban J connectivity index is 1.71. The van der Waals surface area contributed by atoms with E-state index in [4.69, 9.17) is 0 Å². The van der Waals surface area contributed by atoms with E-state index in [0.29, 0.717) is 17.8 Å². The zero-order chi connectivity index (χ0) is 10.3. The lowest BCUT2D eigenvalue weighted by Crippen LogP contribution is -2.42. The van der Waals surface area contributed by atoms with Crippen molar-refractivity contribution in [3.63, 3.8) is 0 Å². The Hall–Kier alpha value is -1.06.